The lowest BCUT2D eigenvalue weighted by atomic mass is 10.4. The minimum absolute atomic E-state index is 1.17. The van der Waals surface area contributed by atoms with Gasteiger partial charge in [0.1, 0.15) is 0 Å². The van der Waals surface area contributed by atoms with E-state index in [4.69, 9.17) is 0 Å². The van der Waals surface area contributed by atoms with E-state index in [1.54, 1.807) is 0 Å². The van der Waals surface area contributed by atoms with E-state index in [-0.39, 0.29) is 0 Å². The van der Waals surface area contributed by atoms with E-state index in [0.29, 0.717) is 0 Å². The number of rotatable bonds is 5. The van der Waals surface area contributed by atoms with Gasteiger partial charge in [-0.1, -0.05) is 6.92 Å². The molecule has 0 rings (SSSR count). The molecule has 0 aromatic carbocycles. The summed E-state index contributed by atoms with van der Waals surface area (Å²) in [6.07, 6.45) is 3.75. The van der Waals surface area contributed by atoms with E-state index in [0.717, 1.165) is 0 Å². The first-order chi connectivity index (χ1) is 3.91. The van der Waals surface area contributed by atoms with Gasteiger partial charge in [-0.3, -0.25) is 0 Å². The zero-order valence-corrected chi connectivity index (χ0v) is 6.77. The highest BCUT2D eigenvalue weighted by Crippen LogP contribution is 1.84. The van der Waals surface area contributed by atoms with Gasteiger partial charge in [-0.2, -0.15) is 0 Å². The van der Waals surface area contributed by atoms with Crippen molar-refractivity contribution in [3.05, 3.63) is 0 Å². The Morgan fingerprint density at radius 1 is 1.38 bits per heavy atom. The van der Waals surface area contributed by atoms with E-state index >= 15 is 0 Å². The Balaban J connectivity index is 2.53. The maximum atomic E-state index is 3.32. The zero-order valence-electron chi connectivity index (χ0n) is 5.61. The maximum absolute atomic E-state index is 3.32. The summed E-state index contributed by atoms with van der Waals surface area (Å²) >= 11 is 0. The van der Waals surface area contributed by atoms with Gasteiger partial charge in [-0.05, 0) is 32.1 Å². The average molecular weight is 133 g/mol. The van der Waals surface area contributed by atoms with Gasteiger partial charge < -0.3 is 5.32 Å². The molecule has 0 saturated carbocycles. The van der Waals surface area contributed by atoms with Crippen LogP contribution >= 0.6 is 9.24 Å². The standard InChI is InChI=1S/C6H16NP/c1-2-4-7-5-3-6-8/h7H,2-6,8H2,1H3. The summed E-state index contributed by atoms with van der Waals surface area (Å²) in [4.78, 5) is 0. The fourth-order valence-corrected chi connectivity index (χ4v) is 0.733. The summed E-state index contributed by atoms with van der Waals surface area (Å²) < 4.78 is 0. The van der Waals surface area contributed by atoms with Crippen LogP contribution in [0.4, 0.5) is 0 Å². The second kappa shape index (κ2) is 7.39. The monoisotopic (exact) mass is 133 g/mol. The molecule has 2 heteroatoms. The Hall–Kier alpha value is 0.390. The van der Waals surface area contributed by atoms with Gasteiger partial charge in [0.2, 0.25) is 0 Å². The van der Waals surface area contributed by atoms with Crippen LogP contribution in [-0.2, 0) is 0 Å². The van der Waals surface area contributed by atoms with Crippen LogP contribution in [0.1, 0.15) is 19.8 Å². The van der Waals surface area contributed by atoms with E-state index in [1.807, 2.05) is 0 Å². The van der Waals surface area contributed by atoms with Crippen molar-refractivity contribution < 1.29 is 0 Å². The van der Waals surface area contributed by atoms with Crippen molar-refractivity contribution in [2.75, 3.05) is 19.3 Å². The Labute approximate surface area is 54.4 Å². The summed E-state index contributed by atoms with van der Waals surface area (Å²) in [6.45, 7) is 4.54. The highest BCUT2D eigenvalue weighted by atomic mass is 31.0. The fourth-order valence-electron chi connectivity index (χ4n) is 0.529. The molecular formula is C6H16NP. The van der Waals surface area contributed by atoms with Gasteiger partial charge >= 0.3 is 0 Å². The van der Waals surface area contributed by atoms with Gasteiger partial charge in [0.15, 0.2) is 0 Å². The van der Waals surface area contributed by atoms with Crippen molar-refractivity contribution in [1.82, 2.24) is 5.32 Å². The summed E-state index contributed by atoms with van der Waals surface area (Å²) in [5.74, 6) is 0. The molecule has 0 saturated heterocycles. The minimum Gasteiger partial charge on any atom is -0.317 e. The molecule has 8 heavy (non-hydrogen) atoms. The number of hydrogen-bond donors (Lipinski definition) is 1. The van der Waals surface area contributed by atoms with Gasteiger partial charge in [0.05, 0.1) is 0 Å². The molecule has 0 radical (unpaired) electrons. The third-order valence-electron chi connectivity index (χ3n) is 0.984. The summed E-state index contributed by atoms with van der Waals surface area (Å²) in [5.41, 5.74) is 0. The lowest BCUT2D eigenvalue weighted by Crippen LogP contribution is -2.15. The molecule has 1 nitrogen and oxygen atoms in total. The van der Waals surface area contributed by atoms with E-state index in [9.17, 15) is 0 Å². The molecule has 0 aromatic rings. The van der Waals surface area contributed by atoms with E-state index in [1.165, 1.54) is 32.1 Å². The van der Waals surface area contributed by atoms with Crippen LogP contribution in [0.15, 0.2) is 0 Å². The Morgan fingerprint density at radius 3 is 2.62 bits per heavy atom. The van der Waals surface area contributed by atoms with Crippen LogP contribution in [0.3, 0.4) is 0 Å². The highest BCUT2D eigenvalue weighted by Gasteiger charge is 1.80. The average Bonchev–Trinajstić information content (AvgIpc) is 1.81. The molecule has 1 unspecified atom stereocenters. The predicted molar refractivity (Wildman–Crippen MR) is 42.4 cm³/mol. The molecule has 0 bridgehead atoms. The smallest absolute Gasteiger partial charge is 0.00457 e. The Morgan fingerprint density at radius 2 is 2.12 bits per heavy atom. The van der Waals surface area contributed by atoms with Crippen molar-refractivity contribution in [1.29, 1.82) is 0 Å². The third kappa shape index (κ3) is 6.39. The molecule has 0 fully saturated rings. The largest absolute Gasteiger partial charge is 0.317 e. The predicted octanol–water partition coefficient (Wildman–Crippen LogP) is 1.25. The number of hydrogen-bond acceptors (Lipinski definition) is 1. The van der Waals surface area contributed by atoms with Crippen LogP contribution in [0.5, 0.6) is 0 Å². The first kappa shape index (κ1) is 8.39. The minimum atomic E-state index is 1.17. The lowest BCUT2D eigenvalue weighted by molar-refractivity contribution is 0.664. The normalized spacial score (nSPS) is 9.75. The first-order valence-corrected chi connectivity index (χ1v) is 4.14. The van der Waals surface area contributed by atoms with Crippen molar-refractivity contribution in [2.24, 2.45) is 0 Å². The van der Waals surface area contributed by atoms with E-state index in [2.05, 4.69) is 21.5 Å². The summed E-state index contributed by atoms with van der Waals surface area (Å²) in [6, 6.07) is 0. The van der Waals surface area contributed by atoms with Crippen LogP contribution in [0.25, 0.3) is 0 Å². The fraction of sp³-hybridized carbons (Fsp3) is 1.00. The highest BCUT2D eigenvalue weighted by molar-refractivity contribution is 7.16. The molecule has 50 valence electrons. The molecule has 0 aliphatic heterocycles. The second-order valence-electron chi connectivity index (χ2n) is 1.89. The van der Waals surface area contributed by atoms with Gasteiger partial charge in [0, 0.05) is 0 Å². The quantitative estimate of drug-likeness (QED) is 0.439. The van der Waals surface area contributed by atoms with Crippen LogP contribution in [0, 0.1) is 0 Å². The molecule has 1 atom stereocenters. The first-order valence-electron chi connectivity index (χ1n) is 3.32. The molecule has 0 spiro atoms. The Kier molecular flexibility index (Phi) is 7.75. The molecular weight excluding hydrogens is 117 g/mol. The van der Waals surface area contributed by atoms with Crippen molar-refractivity contribution in [3.8, 4) is 0 Å². The molecule has 1 N–H and O–H groups in total. The third-order valence-corrected chi connectivity index (χ3v) is 1.39. The van der Waals surface area contributed by atoms with Gasteiger partial charge in [-0.15, -0.1) is 9.24 Å². The van der Waals surface area contributed by atoms with Crippen molar-refractivity contribution in [2.45, 2.75) is 19.8 Å². The van der Waals surface area contributed by atoms with Gasteiger partial charge in [0.25, 0.3) is 0 Å². The topological polar surface area (TPSA) is 12.0 Å². The summed E-state index contributed by atoms with van der Waals surface area (Å²) in [7, 11) is 2.73. The second-order valence-corrected chi connectivity index (χ2v) is 2.47. The summed E-state index contributed by atoms with van der Waals surface area (Å²) in [5, 5.41) is 3.32. The maximum Gasteiger partial charge on any atom is -0.00457 e. The number of nitrogens with one attached hydrogen (secondary N) is 1. The Bertz CT molecular complexity index is 33.5. The SMILES string of the molecule is CCCNCCCP. The van der Waals surface area contributed by atoms with Crippen LogP contribution < -0.4 is 5.32 Å². The molecule has 0 aromatic heterocycles. The van der Waals surface area contributed by atoms with Gasteiger partial charge in [-0.25, -0.2) is 0 Å². The van der Waals surface area contributed by atoms with E-state index < -0.39 is 0 Å². The van der Waals surface area contributed by atoms with Crippen molar-refractivity contribution in [3.63, 3.8) is 0 Å². The lowest BCUT2D eigenvalue weighted by Gasteiger charge is -1.98. The molecule has 0 aliphatic rings. The van der Waals surface area contributed by atoms with Crippen LogP contribution in [-0.4, -0.2) is 19.3 Å². The molecule has 0 amide bonds. The van der Waals surface area contributed by atoms with Crippen LogP contribution in [0.2, 0.25) is 0 Å². The van der Waals surface area contributed by atoms with Crippen molar-refractivity contribution >= 4 is 9.24 Å². The molecule has 0 heterocycles. The molecule has 0 aliphatic carbocycles. The zero-order chi connectivity index (χ0) is 6.24.